The van der Waals surface area contributed by atoms with Crippen LogP contribution in [-0.4, -0.2) is 19.9 Å². The van der Waals surface area contributed by atoms with Crippen LogP contribution in [0.1, 0.15) is 25.0 Å². The first kappa shape index (κ1) is 34.2. The molecule has 1 aliphatic carbocycles. The van der Waals surface area contributed by atoms with Gasteiger partial charge >= 0.3 is 0 Å². The maximum Gasteiger partial charge on any atom is 0.164 e. The molecular formula is C53H36N4S. The number of fused-ring (bicyclic) bond motifs is 6. The molecule has 0 N–H and O–H groups in total. The van der Waals surface area contributed by atoms with Crippen molar-refractivity contribution in [1.29, 1.82) is 0 Å². The lowest BCUT2D eigenvalue weighted by Crippen LogP contribution is -2.14. The Balaban J connectivity index is 1.08. The van der Waals surface area contributed by atoms with Crippen LogP contribution in [0.3, 0.4) is 0 Å². The first-order chi connectivity index (χ1) is 28.5. The Morgan fingerprint density at radius 1 is 0.397 bits per heavy atom. The lowest BCUT2D eigenvalue weighted by Gasteiger charge is -2.22. The molecule has 11 rings (SSSR count). The maximum absolute atomic E-state index is 5.27. The second-order valence-corrected chi connectivity index (χ2v) is 16.5. The molecule has 5 heteroatoms. The molecule has 274 valence electrons. The molecule has 0 amide bonds. The molecule has 4 nitrogen and oxygen atoms in total. The molecule has 1 aliphatic rings. The van der Waals surface area contributed by atoms with Crippen molar-refractivity contribution >= 4 is 31.5 Å². The van der Waals surface area contributed by atoms with Crippen LogP contribution in [0.5, 0.6) is 0 Å². The number of nitrogens with zero attached hydrogens (tertiary/aromatic N) is 4. The first-order valence-electron chi connectivity index (χ1n) is 19.6. The molecule has 0 atom stereocenters. The molecule has 0 spiro atoms. The Bertz CT molecular complexity index is 3200. The summed E-state index contributed by atoms with van der Waals surface area (Å²) in [6.45, 7) is 4.65. The lowest BCUT2D eigenvalue weighted by atomic mass is 9.81. The minimum absolute atomic E-state index is 0.117. The van der Waals surface area contributed by atoms with E-state index in [4.69, 9.17) is 19.9 Å². The fraction of sp³-hybridized carbons (Fsp3) is 0.0566. The van der Waals surface area contributed by atoms with Gasteiger partial charge < -0.3 is 0 Å². The van der Waals surface area contributed by atoms with Gasteiger partial charge in [-0.15, -0.1) is 11.3 Å². The van der Waals surface area contributed by atoms with Crippen LogP contribution >= 0.6 is 11.3 Å². The minimum atomic E-state index is -0.117. The van der Waals surface area contributed by atoms with E-state index in [1.165, 1.54) is 48.0 Å². The van der Waals surface area contributed by atoms with Gasteiger partial charge in [0, 0.05) is 54.0 Å². The smallest absolute Gasteiger partial charge is 0.164 e. The molecule has 10 aromatic rings. The Kier molecular flexibility index (Phi) is 7.98. The number of aromatic nitrogens is 4. The Morgan fingerprint density at radius 2 is 1.02 bits per heavy atom. The number of hydrogen-bond acceptors (Lipinski definition) is 5. The average molecular weight is 761 g/mol. The summed E-state index contributed by atoms with van der Waals surface area (Å²) in [5.41, 5.74) is 14.4. The van der Waals surface area contributed by atoms with Crippen LogP contribution in [-0.2, 0) is 5.41 Å². The zero-order valence-electron chi connectivity index (χ0n) is 32.0. The standard InChI is InChI=1S/C53H36N4S/c1-53(2)45-22-8-6-18-41(45)42-26-25-34(32-46(42)53)37-29-38(47-23-10-11-27-54-47)31-39(30-37)52-56-50(33-14-4-3-5-15-33)55-51(57-52)36-17-12-16-35(28-36)40-20-13-21-44-43-19-7-9-24-48(43)58-49(40)44/h3-32H,1-2H3. The molecule has 0 unspecified atom stereocenters. The zero-order chi connectivity index (χ0) is 38.8. The van der Waals surface area contributed by atoms with Crippen molar-refractivity contribution in [3.05, 3.63) is 193 Å². The Labute approximate surface area is 341 Å². The lowest BCUT2D eigenvalue weighted by molar-refractivity contribution is 0.660. The SMILES string of the molecule is CC1(C)c2ccccc2-c2ccc(-c3cc(-c4ccccn4)cc(-c4nc(-c5ccccc5)nc(-c5cccc(-c6cccc7c6sc6ccccc67)c5)n4)c3)cc21. The van der Waals surface area contributed by atoms with Gasteiger partial charge in [0.05, 0.1) is 5.69 Å². The predicted molar refractivity (Wildman–Crippen MR) is 241 cm³/mol. The summed E-state index contributed by atoms with van der Waals surface area (Å²) in [5, 5.41) is 2.56. The molecule has 0 aliphatic heterocycles. The summed E-state index contributed by atoms with van der Waals surface area (Å²) < 4.78 is 2.57. The quantitative estimate of drug-likeness (QED) is 0.169. The summed E-state index contributed by atoms with van der Waals surface area (Å²) in [6, 6.07) is 62.4. The zero-order valence-corrected chi connectivity index (χ0v) is 32.8. The van der Waals surface area contributed by atoms with Crippen LogP contribution in [0.4, 0.5) is 0 Å². The van der Waals surface area contributed by atoms with Crippen LogP contribution in [0.2, 0.25) is 0 Å². The van der Waals surface area contributed by atoms with Crippen molar-refractivity contribution in [3.8, 4) is 78.8 Å². The highest BCUT2D eigenvalue weighted by Gasteiger charge is 2.35. The third-order valence-corrected chi connectivity index (χ3v) is 12.8. The van der Waals surface area contributed by atoms with Gasteiger partial charge in [-0.05, 0) is 93.0 Å². The van der Waals surface area contributed by atoms with E-state index in [0.29, 0.717) is 17.5 Å². The number of hydrogen-bond donors (Lipinski definition) is 0. The van der Waals surface area contributed by atoms with Crippen molar-refractivity contribution in [2.75, 3.05) is 0 Å². The molecule has 0 radical (unpaired) electrons. The summed E-state index contributed by atoms with van der Waals surface area (Å²) in [6.07, 6.45) is 1.84. The molecule has 0 bridgehead atoms. The topological polar surface area (TPSA) is 51.6 Å². The van der Waals surface area contributed by atoms with Crippen molar-refractivity contribution in [1.82, 2.24) is 19.9 Å². The van der Waals surface area contributed by atoms with E-state index in [2.05, 4.69) is 159 Å². The van der Waals surface area contributed by atoms with Gasteiger partial charge in [0.2, 0.25) is 0 Å². The highest BCUT2D eigenvalue weighted by molar-refractivity contribution is 7.26. The van der Waals surface area contributed by atoms with Crippen molar-refractivity contribution < 1.29 is 0 Å². The molecule has 0 fully saturated rings. The van der Waals surface area contributed by atoms with E-state index < -0.39 is 0 Å². The van der Waals surface area contributed by atoms with Crippen LogP contribution < -0.4 is 0 Å². The second-order valence-electron chi connectivity index (χ2n) is 15.5. The van der Waals surface area contributed by atoms with Crippen LogP contribution in [0.15, 0.2) is 182 Å². The van der Waals surface area contributed by atoms with Crippen molar-refractivity contribution in [3.63, 3.8) is 0 Å². The number of benzene rings is 7. The second kappa shape index (κ2) is 13.5. The number of rotatable bonds is 6. The molecule has 3 heterocycles. The van der Waals surface area contributed by atoms with E-state index in [0.717, 1.165) is 44.6 Å². The predicted octanol–water partition coefficient (Wildman–Crippen LogP) is 13.9. The highest BCUT2D eigenvalue weighted by Crippen LogP contribution is 2.50. The van der Waals surface area contributed by atoms with E-state index in [-0.39, 0.29) is 5.41 Å². The molecule has 0 saturated carbocycles. The third kappa shape index (κ3) is 5.74. The van der Waals surface area contributed by atoms with Gasteiger partial charge in [-0.25, -0.2) is 15.0 Å². The Hall–Kier alpha value is -7.08. The van der Waals surface area contributed by atoms with Gasteiger partial charge in [-0.2, -0.15) is 0 Å². The summed E-state index contributed by atoms with van der Waals surface area (Å²) in [7, 11) is 0. The van der Waals surface area contributed by atoms with Gasteiger partial charge in [0.25, 0.3) is 0 Å². The highest BCUT2D eigenvalue weighted by atomic mass is 32.1. The molecule has 7 aromatic carbocycles. The fourth-order valence-corrected chi connectivity index (χ4v) is 9.88. The summed E-state index contributed by atoms with van der Waals surface area (Å²) in [5.74, 6) is 1.85. The number of pyridine rings is 1. The summed E-state index contributed by atoms with van der Waals surface area (Å²) >= 11 is 1.84. The molecular weight excluding hydrogens is 725 g/mol. The summed E-state index contributed by atoms with van der Waals surface area (Å²) in [4.78, 5) is 20.4. The normalized spacial score (nSPS) is 12.8. The maximum atomic E-state index is 5.27. The average Bonchev–Trinajstić information content (AvgIpc) is 3.78. The van der Waals surface area contributed by atoms with Gasteiger partial charge in [-0.3, -0.25) is 4.98 Å². The Morgan fingerprint density at radius 3 is 1.88 bits per heavy atom. The largest absolute Gasteiger partial charge is 0.256 e. The van der Waals surface area contributed by atoms with E-state index in [9.17, 15) is 0 Å². The molecule has 0 saturated heterocycles. The molecule has 58 heavy (non-hydrogen) atoms. The van der Waals surface area contributed by atoms with Crippen LogP contribution in [0.25, 0.3) is 99.0 Å². The van der Waals surface area contributed by atoms with Crippen molar-refractivity contribution in [2.24, 2.45) is 0 Å². The van der Waals surface area contributed by atoms with E-state index in [1.807, 2.05) is 47.9 Å². The van der Waals surface area contributed by atoms with E-state index in [1.54, 1.807) is 0 Å². The number of thiophene rings is 1. The fourth-order valence-electron chi connectivity index (χ4n) is 8.64. The third-order valence-electron chi connectivity index (χ3n) is 11.6. The van der Waals surface area contributed by atoms with E-state index >= 15 is 0 Å². The first-order valence-corrected chi connectivity index (χ1v) is 20.4. The van der Waals surface area contributed by atoms with Crippen LogP contribution in [0, 0.1) is 0 Å². The van der Waals surface area contributed by atoms with Gasteiger partial charge in [0.1, 0.15) is 0 Å². The molecule has 3 aromatic heterocycles. The van der Waals surface area contributed by atoms with Gasteiger partial charge in [-0.1, -0.05) is 141 Å². The minimum Gasteiger partial charge on any atom is -0.256 e. The monoisotopic (exact) mass is 760 g/mol. The van der Waals surface area contributed by atoms with Crippen molar-refractivity contribution in [2.45, 2.75) is 19.3 Å². The van der Waals surface area contributed by atoms with Gasteiger partial charge in [0.15, 0.2) is 17.5 Å².